The number of anilines is 1. The third-order valence-corrected chi connectivity index (χ3v) is 5.95. The maximum atomic E-state index is 13.8. The number of halogens is 1. The van der Waals surface area contributed by atoms with E-state index in [0.717, 1.165) is 33.2 Å². The molecule has 6 rings (SSSR count). The maximum Gasteiger partial charge on any atom is 0.323 e. The summed E-state index contributed by atoms with van der Waals surface area (Å²) in [4.78, 5) is 18.3. The molecule has 0 aliphatic carbocycles. The van der Waals surface area contributed by atoms with Gasteiger partial charge in [-0.25, -0.2) is 9.18 Å². The molecule has 5 aromatic rings. The molecular formula is C25H18FN3O2. The average molecular weight is 411 g/mol. The zero-order chi connectivity index (χ0) is 20.9. The number of hydrogen-bond acceptors (Lipinski definition) is 2. The number of carbonyl (C=O) groups is 1. The summed E-state index contributed by atoms with van der Waals surface area (Å²) in [6, 6.07) is 19.8. The predicted octanol–water partition coefficient (Wildman–Crippen LogP) is 6.19. The van der Waals surface area contributed by atoms with Gasteiger partial charge in [0, 0.05) is 34.6 Å². The third kappa shape index (κ3) is 2.79. The van der Waals surface area contributed by atoms with Gasteiger partial charge in [0.25, 0.3) is 0 Å². The number of fused-ring (bicyclic) bond motifs is 3. The molecule has 31 heavy (non-hydrogen) atoms. The quantitative estimate of drug-likeness (QED) is 0.364. The Bertz CT molecular complexity index is 1450. The number of benzene rings is 3. The summed E-state index contributed by atoms with van der Waals surface area (Å²) in [5.41, 5.74) is 5.21. The molecule has 152 valence electrons. The fraction of sp³-hybridized carbons (Fsp3) is 0.0800. The Labute approximate surface area is 177 Å². The van der Waals surface area contributed by atoms with Gasteiger partial charge in [0.05, 0.1) is 18.0 Å². The fourth-order valence-corrected chi connectivity index (χ4v) is 4.51. The lowest BCUT2D eigenvalue weighted by Gasteiger charge is -2.25. The predicted molar refractivity (Wildman–Crippen MR) is 117 cm³/mol. The van der Waals surface area contributed by atoms with Crippen LogP contribution in [-0.4, -0.2) is 15.9 Å². The molecule has 0 radical (unpaired) electrons. The molecule has 6 heteroatoms. The van der Waals surface area contributed by atoms with Gasteiger partial charge in [0.1, 0.15) is 11.4 Å². The van der Waals surface area contributed by atoms with Gasteiger partial charge in [-0.2, -0.15) is 0 Å². The van der Waals surface area contributed by atoms with Crippen molar-refractivity contribution in [3.05, 3.63) is 102 Å². The molecule has 3 aromatic carbocycles. The van der Waals surface area contributed by atoms with Crippen LogP contribution in [0.25, 0.3) is 21.9 Å². The van der Waals surface area contributed by atoms with Crippen LogP contribution in [-0.2, 0) is 6.54 Å². The van der Waals surface area contributed by atoms with Crippen LogP contribution in [0.2, 0.25) is 0 Å². The molecule has 2 N–H and O–H groups in total. The average Bonchev–Trinajstić information content (AvgIpc) is 3.48. The number of nitrogens with zero attached hydrogens (tertiary/aromatic N) is 1. The third-order valence-electron chi connectivity index (χ3n) is 5.95. The zero-order valence-corrected chi connectivity index (χ0v) is 16.4. The highest BCUT2D eigenvalue weighted by Gasteiger charge is 2.36. The van der Waals surface area contributed by atoms with Crippen LogP contribution in [0.5, 0.6) is 0 Å². The minimum Gasteiger partial charge on any atom is -0.464 e. The Morgan fingerprint density at radius 3 is 2.81 bits per heavy atom. The van der Waals surface area contributed by atoms with E-state index in [9.17, 15) is 9.18 Å². The SMILES string of the molecule is O=C(Nc1c[nH]c2ccc(F)cc12)N1Cc2ccccc2C1c1coc2ccccc12. The molecule has 0 spiro atoms. The van der Waals surface area contributed by atoms with Crippen molar-refractivity contribution in [2.24, 2.45) is 0 Å². The number of carbonyl (C=O) groups excluding carboxylic acids is 1. The minimum atomic E-state index is -0.348. The Kier molecular flexibility index (Phi) is 3.86. The fourth-order valence-electron chi connectivity index (χ4n) is 4.51. The molecule has 0 saturated carbocycles. The number of para-hydroxylation sites is 1. The molecule has 1 atom stereocenters. The van der Waals surface area contributed by atoms with Crippen molar-refractivity contribution in [2.45, 2.75) is 12.6 Å². The first-order chi connectivity index (χ1) is 15.2. The first-order valence-electron chi connectivity index (χ1n) is 10.1. The Hall–Kier alpha value is -4.06. The molecular weight excluding hydrogens is 393 g/mol. The largest absolute Gasteiger partial charge is 0.464 e. The first-order valence-corrected chi connectivity index (χ1v) is 10.1. The van der Waals surface area contributed by atoms with E-state index in [1.165, 1.54) is 12.1 Å². The number of hydrogen-bond donors (Lipinski definition) is 2. The summed E-state index contributed by atoms with van der Waals surface area (Å²) in [6.45, 7) is 0.475. The second kappa shape index (κ2) is 6.74. The molecule has 0 fully saturated rings. The highest BCUT2D eigenvalue weighted by molar-refractivity contribution is 6.01. The van der Waals surface area contributed by atoms with E-state index in [4.69, 9.17) is 4.42 Å². The molecule has 2 amide bonds. The van der Waals surface area contributed by atoms with Crippen LogP contribution in [0.3, 0.4) is 0 Å². The standard InChI is InChI=1S/C25H18FN3O2/c26-16-9-10-21-19(11-16)22(12-27-21)28-25(30)29-13-15-5-1-2-6-17(15)24(29)20-14-31-23-8-4-3-7-18(20)23/h1-12,14,24,27H,13H2,(H,28,30). The second-order valence-electron chi connectivity index (χ2n) is 7.74. The monoisotopic (exact) mass is 411 g/mol. The number of aromatic amines is 1. The highest BCUT2D eigenvalue weighted by Crippen LogP contribution is 2.42. The van der Waals surface area contributed by atoms with Crippen molar-refractivity contribution in [3.8, 4) is 0 Å². The number of furan rings is 1. The van der Waals surface area contributed by atoms with Crippen LogP contribution in [0, 0.1) is 5.82 Å². The molecule has 2 aromatic heterocycles. The Morgan fingerprint density at radius 2 is 1.87 bits per heavy atom. The number of urea groups is 1. The van der Waals surface area contributed by atoms with Crippen molar-refractivity contribution in [1.29, 1.82) is 0 Å². The number of aromatic nitrogens is 1. The lowest BCUT2D eigenvalue weighted by molar-refractivity contribution is 0.203. The van der Waals surface area contributed by atoms with E-state index in [-0.39, 0.29) is 17.9 Å². The second-order valence-corrected chi connectivity index (χ2v) is 7.74. The lowest BCUT2D eigenvalue weighted by atomic mass is 9.97. The Balaban J connectivity index is 1.41. The van der Waals surface area contributed by atoms with Gasteiger partial charge in [-0.3, -0.25) is 0 Å². The topological polar surface area (TPSA) is 61.3 Å². The van der Waals surface area contributed by atoms with Crippen LogP contribution < -0.4 is 5.32 Å². The number of nitrogens with one attached hydrogen (secondary N) is 2. The van der Waals surface area contributed by atoms with Gasteiger partial charge in [0.15, 0.2) is 0 Å². The Morgan fingerprint density at radius 1 is 1.03 bits per heavy atom. The number of amides is 2. The van der Waals surface area contributed by atoms with E-state index >= 15 is 0 Å². The molecule has 3 heterocycles. The zero-order valence-electron chi connectivity index (χ0n) is 16.4. The van der Waals surface area contributed by atoms with Crippen molar-refractivity contribution >= 4 is 33.6 Å². The minimum absolute atomic E-state index is 0.253. The van der Waals surface area contributed by atoms with E-state index in [1.54, 1.807) is 23.4 Å². The molecule has 1 aliphatic heterocycles. The normalized spacial score (nSPS) is 15.5. The summed E-state index contributed by atoms with van der Waals surface area (Å²) in [5, 5.41) is 4.58. The number of rotatable bonds is 2. The van der Waals surface area contributed by atoms with Crippen LogP contribution in [0.15, 0.2) is 83.6 Å². The van der Waals surface area contributed by atoms with E-state index in [1.807, 2.05) is 42.5 Å². The van der Waals surface area contributed by atoms with Crippen LogP contribution in [0.1, 0.15) is 22.7 Å². The van der Waals surface area contributed by atoms with E-state index in [0.29, 0.717) is 17.6 Å². The van der Waals surface area contributed by atoms with Crippen molar-refractivity contribution < 1.29 is 13.6 Å². The van der Waals surface area contributed by atoms with Crippen LogP contribution >= 0.6 is 0 Å². The van der Waals surface area contributed by atoms with Gasteiger partial charge >= 0.3 is 6.03 Å². The van der Waals surface area contributed by atoms with Gasteiger partial charge in [-0.05, 0) is 35.4 Å². The van der Waals surface area contributed by atoms with Gasteiger partial charge in [-0.15, -0.1) is 0 Å². The summed E-state index contributed by atoms with van der Waals surface area (Å²) < 4.78 is 19.5. The van der Waals surface area contributed by atoms with E-state index < -0.39 is 0 Å². The first kappa shape index (κ1) is 17.8. The molecule has 1 unspecified atom stereocenters. The van der Waals surface area contributed by atoms with E-state index in [2.05, 4.69) is 16.4 Å². The van der Waals surface area contributed by atoms with Crippen molar-refractivity contribution in [1.82, 2.24) is 9.88 Å². The van der Waals surface area contributed by atoms with Crippen LogP contribution in [0.4, 0.5) is 14.9 Å². The summed E-state index contributed by atoms with van der Waals surface area (Å²) in [5.74, 6) is -0.348. The molecule has 1 aliphatic rings. The number of H-pyrrole nitrogens is 1. The maximum absolute atomic E-state index is 13.8. The van der Waals surface area contributed by atoms with Gasteiger partial charge < -0.3 is 19.6 Å². The highest BCUT2D eigenvalue weighted by atomic mass is 19.1. The molecule has 5 nitrogen and oxygen atoms in total. The lowest BCUT2D eigenvalue weighted by Crippen LogP contribution is -2.34. The smallest absolute Gasteiger partial charge is 0.323 e. The summed E-state index contributed by atoms with van der Waals surface area (Å²) >= 11 is 0. The molecule has 0 saturated heterocycles. The van der Waals surface area contributed by atoms with Crippen molar-refractivity contribution in [3.63, 3.8) is 0 Å². The summed E-state index contributed by atoms with van der Waals surface area (Å²) in [6.07, 6.45) is 3.42. The molecule has 0 bridgehead atoms. The van der Waals surface area contributed by atoms with Gasteiger partial charge in [0.2, 0.25) is 0 Å². The van der Waals surface area contributed by atoms with Crippen molar-refractivity contribution in [2.75, 3.05) is 5.32 Å². The van der Waals surface area contributed by atoms with Gasteiger partial charge in [-0.1, -0.05) is 42.5 Å². The summed E-state index contributed by atoms with van der Waals surface area (Å²) in [7, 11) is 0.